The number of nitrogens with one attached hydrogen (secondary N) is 2. The van der Waals surface area contributed by atoms with Gasteiger partial charge in [-0.3, -0.25) is 14.4 Å². The molecule has 2 N–H and O–H groups in total. The number of carbonyl (C=O) groups excluding carboxylic acids is 2. The largest absolute Gasteiger partial charge is 0.329 e. The van der Waals surface area contributed by atoms with Gasteiger partial charge in [-0.2, -0.15) is 0 Å². The number of para-hydroxylation sites is 1. The van der Waals surface area contributed by atoms with E-state index in [0.29, 0.717) is 37.9 Å². The quantitative estimate of drug-likeness (QED) is 0.408. The molecule has 0 saturated heterocycles. The molecule has 0 fully saturated rings. The van der Waals surface area contributed by atoms with Crippen LogP contribution in [0.3, 0.4) is 0 Å². The maximum atomic E-state index is 13.4. The number of hydrogen-bond donors (Lipinski definition) is 2. The molecule has 0 radical (unpaired) electrons. The predicted octanol–water partition coefficient (Wildman–Crippen LogP) is 4.94. The normalized spacial score (nSPS) is 11.0. The Kier molecular flexibility index (Phi) is 6.57. The van der Waals surface area contributed by atoms with Crippen LogP contribution in [0.2, 0.25) is 5.02 Å². The second kappa shape index (κ2) is 9.56. The molecule has 0 spiro atoms. The zero-order valence-corrected chi connectivity index (χ0v) is 19.5. The average molecular weight is 481 g/mol. The minimum absolute atomic E-state index is 0.121. The molecule has 0 aliphatic carbocycles. The van der Waals surface area contributed by atoms with Crippen LogP contribution in [-0.2, 0) is 6.54 Å². The monoisotopic (exact) mass is 480 g/mol. The van der Waals surface area contributed by atoms with Crippen molar-refractivity contribution in [3.8, 4) is 0 Å². The van der Waals surface area contributed by atoms with Gasteiger partial charge >= 0.3 is 0 Å². The van der Waals surface area contributed by atoms with Crippen molar-refractivity contribution in [3.63, 3.8) is 0 Å². The molecule has 7 nitrogen and oxygen atoms in total. The van der Waals surface area contributed by atoms with Gasteiger partial charge in [0.15, 0.2) is 0 Å². The van der Waals surface area contributed by atoms with Gasteiger partial charge in [-0.1, -0.05) is 29.8 Å². The Morgan fingerprint density at radius 2 is 1.94 bits per heavy atom. The third kappa shape index (κ3) is 4.97. The van der Waals surface area contributed by atoms with E-state index < -0.39 is 0 Å². The fourth-order valence-electron chi connectivity index (χ4n) is 3.37. The zero-order valence-electron chi connectivity index (χ0n) is 18.0. The van der Waals surface area contributed by atoms with Crippen LogP contribution in [0.4, 0.5) is 5.69 Å². The van der Waals surface area contributed by atoms with Crippen molar-refractivity contribution < 1.29 is 9.59 Å². The van der Waals surface area contributed by atoms with Crippen LogP contribution in [0, 0.1) is 0 Å². The van der Waals surface area contributed by atoms with E-state index in [2.05, 4.69) is 15.3 Å². The van der Waals surface area contributed by atoms with Gasteiger partial charge in [0.25, 0.3) is 17.4 Å². The Morgan fingerprint density at radius 1 is 1.15 bits per heavy atom. The highest BCUT2D eigenvalue weighted by Gasteiger charge is 2.22. The minimum Gasteiger partial charge on any atom is -0.329 e. The second-order valence-corrected chi connectivity index (χ2v) is 9.04. The molecule has 4 rings (SSSR count). The molecule has 2 heterocycles. The highest BCUT2D eigenvalue weighted by Crippen LogP contribution is 2.26. The second-order valence-electron chi connectivity index (χ2n) is 7.68. The van der Waals surface area contributed by atoms with E-state index in [4.69, 9.17) is 11.6 Å². The van der Waals surface area contributed by atoms with Gasteiger partial charge < -0.3 is 15.2 Å². The Balaban J connectivity index is 1.61. The van der Waals surface area contributed by atoms with Crippen LogP contribution in [0.5, 0.6) is 0 Å². The number of fused-ring (bicyclic) bond motifs is 1. The van der Waals surface area contributed by atoms with Crippen LogP contribution in [-0.4, -0.2) is 32.7 Å². The van der Waals surface area contributed by atoms with Crippen molar-refractivity contribution in [2.24, 2.45) is 0 Å². The van der Waals surface area contributed by atoms with Gasteiger partial charge in [0.1, 0.15) is 5.82 Å². The molecule has 2 amide bonds. The lowest BCUT2D eigenvalue weighted by Crippen LogP contribution is -2.37. The number of aromatic nitrogens is 2. The highest BCUT2D eigenvalue weighted by atomic mass is 35.5. The summed E-state index contributed by atoms with van der Waals surface area (Å²) in [7, 11) is 0. The SMILES string of the molecule is CC(C)N(Cc1nc2ccccc2c(=O)[nH]1)C(=O)c1ccc(Cl)c(NC(=O)c2cccs2)c1. The standard InChI is InChI=1S/C24H21ClN4O3S/c1-14(2)29(13-21-26-18-7-4-3-6-16(18)22(30)28-21)24(32)15-9-10-17(25)19(12-15)27-23(31)20-8-5-11-33-20/h3-12,14H,13H2,1-2H3,(H,27,31)(H,26,28,30). The Hall–Kier alpha value is -3.49. The van der Waals surface area contributed by atoms with E-state index in [1.807, 2.05) is 25.3 Å². The number of halogens is 1. The molecule has 0 aliphatic heterocycles. The number of rotatable bonds is 6. The summed E-state index contributed by atoms with van der Waals surface area (Å²) in [5.74, 6) is -0.180. The third-order valence-corrected chi connectivity index (χ3v) is 6.27. The molecule has 0 atom stereocenters. The molecule has 0 saturated carbocycles. The summed E-state index contributed by atoms with van der Waals surface area (Å²) in [6, 6.07) is 15.1. The maximum Gasteiger partial charge on any atom is 0.265 e. The maximum absolute atomic E-state index is 13.4. The van der Waals surface area contributed by atoms with Gasteiger partial charge in [-0.15, -0.1) is 11.3 Å². The van der Waals surface area contributed by atoms with Gasteiger partial charge in [0, 0.05) is 11.6 Å². The van der Waals surface area contributed by atoms with Crippen LogP contribution >= 0.6 is 22.9 Å². The number of carbonyl (C=O) groups is 2. The molecule has 0 aliphatic rings. The first-order chi connectivity index (χ1) is 15.8. The number of thiophene rings is 1. The third-order valence-electron chi connectivity index (χ3n) is 5.07. The molecule has 0 unspecified atom stereocenters. The van der Waals surface area contributed by atoms with Gasteiger partial charge in [0.05, 0.1) is 33.0 Å². The lowest BCUT2D eigenvalue weighted by Gasteiger charge is -2.26. The van der Waals surface area contributed by atoms with Crippen molar-refractivity contribution in [1.82, 2.24) is 14.9 Å². The van der Waals surface area contributed by atoms with E-state index >= 15 is 0 Å². The van der Waals surface area contributed by atoms with E-state index in [1.165, 1.54) is 11.3 Å². The van der Waals surface area contributed by atoms with Crippen molar-refractivity contribution >= 4 is 51.3 Å². The number of H-pyrrole nitrogens is 1. The molecular weight excluding hydrogens is 460 g/mol. The Labute approximate surface area is 199 Å². The first kappa shape index (κ1) is 22.7. The van der Waals surface area contributed by atoms with Crippen LogP contribution in [0.15, 0.2) is 64.8 Å². The molecule has 4 aromatic rings. The molecule has 168 valence electrons. The van der Waals surface area contributed by atoms with Gasteiger partial charge in [0.2, 0.25) is 0 Å². The van der Waals surface area contributed by atoms with Crippen molar-refractivity contribution in [2.75, 3.05) is 5.32 Å². The van der Waals surface area contributed by atoms with E-state index in [9.17, 15) is 14.4 Å². The molecule has 0 bridgehead atoms. The number of nitrogens with zero attached hydrogens (tertiary/aromatic N) is 2. The van der Waals surface area contributed by atoms with Crippen molar-refractivity contribution in [3.05, 3.63) is 91.6 Å². The van der Waals surface area contributed by atoms with Gasteiger partial charge in [-0.05, 0) is 55.6 Å². The smallest absolute Gasteiger partial charge is 0.265 e. The van der Waals surface area contributed by atoms with E-state index in [0.717, 1.165) is 0 Å². The summed E-state index contributed by atoms with van der Waals surface area (Å²) in [5, 5.41) is 5.39. The number of benzene rings is 2. The summed E-state index contributed by atoms with van der Waals surface area (Å²) in [5.41, 5.74) is 1.02. The Bertz CT molecular complexity index is 1380. The first-order valence-corrected chi connectivity index (χ1v) is 11.5. The fourth-order valence-corrected chi connectivity index (χ4v) is 4.16. The van der Waals surface area contributed by atoms with Crippen LogP contribution in [0.1, 0.15) is 39.7 Å². The molecule has 9 heteroatoms. The topological polar surface area (TPSA) is 95.2 Å². The minimum atomic E-state index is -0.296. The van der Waals surface area contributed by atoms with Crippen LogP contribution in [0.25, 0.3) is 10.9 Å². The summed E-state index contributed by atoms with van der Waals surface area (Å²) in [6.07, 6.45) is 0. The van der Waals surface area contributed by atoms with Crippen molar-refractivity contribution in [2.45, 2.75) is 26.4 Å². The zero-order chi connectivity index (χ0) is 23.5. The number of amides is 2. The van der Waals surface area contributed by atoms with Crippen LogP contribution < -0.4 is 10.9 Å². The highest BCUT2D eigenvalue weighted by molar-refractivity contribution is 7.12. The molecular formula is C24H21ClN4O3S. The number of aromatic amines is 1. The number of anilines is 1. The lowest BCUT2D eigenvalue weighted by molar-refractivity contribution is 0.0684. The first-order valence-electron chi connectivity index (χ1n) is 10.3. The Morgan fingerprint density at radius 3 is 2.67 bits per heavy atom. The fraction of sp³-hybridized carbons (Fsp3) is 0.167. The summed E-state index contributed by atoms with van der Waals surface area (Å²) in [4.78, 5) is 47.6. The number of hydrogen-bond acceptors (Lipinski definition) is 5. The van der Waals surface area contributed by atoms with E-state index in [1.54, 1.807) is 53.4 Å². The van der Waals surface area contributed by atoms with Crippen molar-refractivity contribution in [1.29, 1.82) is 0 Å². The summed E-state index contributed by atoms with van der Waals surface area (Å²) >= 11 is 7.58. The van der Waals surface area contributed by atoms with E-state index in [-0.39, 0.29) is 30.0 Å². The van der Waals surface area contributed by atoms with Gasteiger partial charge in [-0.25, -0.2) is 4.98 Å². The molecule has 33 heavy (non-hydrogen) atoms. The molecule has 2 aromatic heterocycles. The summed E-state index contributed by atoms with van der Waals surface area (Å²) < 4.78 is 0. The predicted molar refractivity (Wildman–Crippen MR) is 131 cm³/mol. The average Bonchev–Trinajstić information content (AvgIpc) is 3.33. The summed E-state index contributed by atoms with van der Waals surface area (Å²) in [6.45, 7) is 3.88. The molecule has 2 aromatic carbocycles. The lowest BCUT2D eigenvalue weighted by atomic mass is 10.1.